The van der Waals surface area contributed by atoms with E-state index in [0.717, 1.165) is 5.54 Å². The van der Waals surface area contributed by atoms with Crippen molar-refractivity contribution in [2.75, 3.05) is 0 Å². The topological polar surface area (TPSA) is 26.3 Å². The lowest BCUT2D eigenvalue weighted by atomic mass is 10.5. The number of ether oxygens (including phenoxy) is 1. The van der Waals surface area contributed by atoms with E-state index in [2.05, 4.69) is 4.74 Å². The molecule has 0 radical (unpaired) electrons. The fourth-order valence-electron chi connectivity index (χ4n) is 0.457. The van der Waals surface area contributed by atoms with Crippen molar-refractivity contribution in [3.8, 4) is 0 Å². The molecule has 0 aromatic rings. The summed E-state index contributed by atoms with van der Waals surface area (Å²) in [5.41, 5.74) is 1.05. The van der Waals surface area contributed by atoms with E-state index in [1.807, 2.05) is 0 Å². The average Bonchev–Trinajstić information content (AvgIpc) is 2.17. The molecule has 0 aromatic heterocycles. The third kappa shape index (κ3) is 1.15. The molecule has 0 unspecified atom stereocenters. The molecule has 0 N–H and O–H groups in total. The molecule has 1 rings (SSSR count). The number of cyclic esters (lactones) is 1. The van der Waals surface area contributed by atoms with Crippen molar-refractivity contribution >= 4 is 40.8 Å². The van der Waals surface area contributed by atoms with Crippen LogP contribution in [-0.2, 0) is 9.53 Å². The molecule has 0 spiro atoms. The zero-order valence-electron chi connectivity index (χ0n) is 4.53. The summed E-state index contributed by atoms with van der Waals surface area (Å²) >= 11 is 16.0. The predicted octanol–water partition coefficient (Wildman–Crippen LogP) is 2.31. The molecule has 0 fully saturated rings. The van der Waals surface area contributed by atoms with E-state index in [4.69, 9.17) is 34.8 Å². The highest BCUT2D eigenvalue weighted by atomic mass is 35.5. The Labute approximate surface area is 72.0 Å². The van der Waals surface area contributed by atoms with Gasteiger partial charge in [-0.3, -0.25) is 0 Å². The average molecular weight is 199 g/mol. The number of halogens is 3. The van der Waals surface area contributed by atoms with Crippen LogP contribution in [0.25, 0.3) is 0 Å². The smallest absolute Gasteiger partial charge is 0.356 e. The van der Waals surface area contributed by atoms with Gasteiger partial charge >= 0.3 is 5.97 Å². The van der Waals surface area contributed by atoms with Crippen molar-refractivity contribution in [3.63, 3.8) is 0 Å². The van der Waals surface area contributed by atoms with Crippen LogP contribution in [0.5, 0.6) is 0 Å². The van der Waals surface area contributed by atoms with Crippen LogP contribution in [0, 0.1) is 0 Å². The third-order valence-corrected chi connectivity index (χ3v) is 1.90. The summed E-state index contributed by atoms with van der Waals surface area (Å²) in [4.78, 5) is 10.6. The van der Waals surface area contributed by atoms with Crippen LogP contribution < -0.4 is 0 Å². The van der Waals surface area contributed by atoms with E-state index in [9.17, 15) is 4.79 Å². The predicted molar refractivity (Wildman–Crippen MR) is 38.8 cm³/mol. The lowest BCUT2D eigenvalue weighted by molar-refractivity contribution is -0.132. The summed E-state index contributed by atoms with van der Waals surface area (Å²) < 4.78 is 4.49. The van der Waals surface area contributed by atoms with Crippen LogP contribution in [0.4, 0.5) is 0 Å². The van der Waals surface area contributed by atoms with Gasteiger partial charge in [-0.1, -0.05) is 34.8 Å². The van der Waals surface area contributed by atoms with Gasteiger partial charge in [-0.05, 0) is 0 Å². The Morgan fingerprint density at radius 2 is 1.90 bits per heavy atom. The van der Waals surface area contributed by atoms with Crippen LogP contribution in [0.1, 0.15) is 0 Å². The standard InChI is InChI=1S/C5HCl3O2/c6-1-2-3(7)4(8)5(9)10-2/h1H/b2-1+. The van der Waals surface area contributed by atoms with E-state index in [1.54, 1.807) is 0 Å². The van der Waals surface area contributed by atoms with Crippen molar-refractivity contribution in [3.05, 3.63) is 21.4 Å². The fourth-order valence-corrected chi connectivity index (χ4v) is 0.969. The van der Waals surface area contributed by atoms with Crippen LogP contribution in [0.2, 0.25) is 0 Å². The summed E-state index contributed by atoms with van der Waals surface area (Å²) in [6.45, 7) is 0. The minimum Gasteiger partial charge on any atom is -0.420 e. The van der Waals surface area contributed by atoms with E-state index < -0.39 is 5.97 Å². The molecule has 0 bridgehead atoms. The van der Waals surface area contributed by atoms with Crippen molar-refractivity contribution in [1.82, 2.24) is 0 Å². The van der Waals surface area contributed by atoms with Crippen LogP contribution in [0.3, 0.4) is 0 Å². The maximum atomic E-state index is 10.6. The number of carbonyl (C=O) groups is 1. The Morgan fingerprint density at radius 3 is 2.10 bits per heavy atom. The highest BCUT2D eigenvalue weighted by Gasteiger charge is 2.26. The number of carbonyl (C=O) groups excluding carboxylic acids is 1. The molecular formula is C5HCl3O2. The van der Waals surface area contributed by atoms with Gasteiger partial charge in [-0.2, -0.15) is 0 Å². The lowest BCUT2D eigenvalue weighted by Crippen LogP contribution is -1.92. The minimum atomic E-state index is -0.668. The summed E-state index contributed by atoms with van der Waals surface area (Å²) in [7, 11) is 0. The first-order chi connectivity index (χ1) is 4.66. The Kier molecular flexibility index (Phi) is 2.24. The fraction of sp³-hybridized carbons (Fsp3) is 0. The summed E-state index contributed by atoms with van der Waals surface area (Å²) in [6.07, 6.45) is 0. The second kappa shape index (κ2) is 2.82. The molecule has 1 heterocycles. The maximum absolute atomic E-state index is 10.6. The van der Waals surface area contributed by atoms with Gasteiger partial charge in [-0.25, -0.2) is 4.79 Å². The molecule has 0 saturated heterocycles. The zero-order valence-corrected chi connectivity index (χ0v) is 6.80. The van der Waals surface area contributed by atoms with Crippen molar-refractivity contribution in [1.29, 1.82) is 0 Å². The van der Waals surface area contributed by atoms with Crippen molar-refractivity contribution < 1.29 is 9.53 Å². The first-order valence-corrected chi connectivity index (χ1v) is 3.44. The Bertz CT molecular complexity index is 241. The SMILES string of the molecule is O=C1O/C(=C/Cl)C(Cl)=C1Cl. The first-order valence-electron chi connectivity index (χ1n) is 2.25. The normalized spacial score (nSPS) is 22.3. The van der Waals surface area contributed by atoms with Gasteiger partial charge in [0.25, 0.3) is 0 Å². The second-order valence-electron chi connectivity index (χ2n) is 1.49. The molecule has 1 aliphatic heterocycles. The molecule has 0 aliphatic carbocycles. The third-order valence-electron chi connectivity index (χ3n) is 0.890. The summed E-state index contributed by atoms with van der Waals surface area (Å²) in [5.74, 6) is -0.572. The van der Waals surface area contributed by atoms with Gasteiger partial charge < -0.3 is 4.74 Å². The largest absolute Gasteiger partial charge is 0.420 e. The minimum absolute atomic E-state index is 0.0571. The Hall–Kier alpha value is -0.180. The second-order valence-corrected chi connectivity index (χ2v) is 2.46. The highest BCUT2D eigenvalue weighted by Crippen LogP contribution is 2.31. The molecule has 10 heavy (non-hydrogen) atoms. The van der Waals surface area contributed by atoms with E-state index >= 15 is 0 Å². The number of esters is 1. The van der Waals surface area contributed by atoms with Crippen molar-refractivity contribution in [2.24, 2.45) is 0 Å². The van der Waals surface area contributed by atoms with Gasteiger partial charge in [-0.15, -0.1) is 0 Å². The Morgan fingerprint density at radius 1 is 1.30 bits per heavy atom. The van der Waals surface area contributed by atoms with Crippen LogP contribution in [-0.4, -0.2) is 5.97 Å². The summed E-state index contributed by atoms with van der Waals surface area (Å²) in [5, 5.41) is -0.0739. The molecule has 1 aliphatic rings. The first kappa shape index (κ1) is 7.92. The molecule has 0 aromatic carbocycles. The highest BCUT2D eigenvalue weighted by molar-refractivity contribution is 6.50. The zero-order chi connectivity index (χ0) is 7.72. The number of rotatable bonds is 0. The summed E-state index contributed by atoms with van der Waals surface area (Å²) in [6, 6.07) is 0. The molecule has 54 valence electrons. The van der Waals surface area contributed by atoms with Gasteiger partial charge in [0, 0.05) is 5.54 Å². The van der Waals surface area contributed by atoms with Crippen LogP contribution in [0.15, 0.2) is 21.4 Å². The van der Waals surface area contributed by atoms with E-state index in [0.29, 0.717) is 0 Å². The molecule has 0 atom stereocenters. The van der Waals surface area contributed by atoms with Crippen LogP contribution >= 0.6 is 34.8 Å². The maximum Gasteiger partial charge on any atom is 0.356 e. The molecule has 0 amide bonds. The van der Waals surface area contributed by atoms with Crippen molar-refractivity contribution in [2.45, 2.75) is 0 Å². The molecular weight excluding hydrogens is 198 g/mol. The molecule has 5 heteroatoms. The number of allylic oxidation sites excluding steroid dienone is 1. The monoisotopic (exact) mass is 198 g/mol. The van der Waals surface area contributed by atoms with Gasteiger partial charge in [0.15, 0.2) is 5.76 Å². The van der Waals surface area contributed by atoms with E-state index in [-0.39, 0.29) is 15.8 Å². The Balaban J connectivity index is 3.06. The quantitative estimate of drug-likeness (QED) is 0.560. The molecule has 0 saturated carbocycles. The number of hydrogen-bond acceptors (Lipinski definition) is 2. The van der Waals surface area contributed by atoms with Gasteiger partial charge in [0.05, 0.1) is 0 Å². The van der Waals surface area contributed by atoms with Gasteiger partial charge in [0.1, 0.15) is 10.1 Å². The van der Waals surface area contributed by atoms with E-state index in [1.165, 1.54) is 0 Å². The number of hydrogen-bond donors (Lipinski definition) is 0. The lowest BCUT2D eigenvalue weighted by Gasteiger charge is -1.90. The molecule has 2 nitrogen and oxygen atoms in total. The van der Waals surface area contributed by atoms with Gasteiger partial charge in [0.2, 0.25) is 0 Å².